The Morgan fingerprint density at radius 3 is 2.72 bits per heavy atom. The Morgan fingerprint density at radius 1 is 1.44 bits per heavy atom. The lowest BCUT2D eigenvalue weighted by Crippen LogP contribution is -2.48. The first-order valence-electron chi connectivity index (χ1n) is 6.04. The summed E-state index contributed by atoms with van der Waals surface area (Å²) in [6.07, 6.45) is 3.88. The smallest absolute Gasteiger partial charge is 0.326 e. The highest BCUT2D eigenvalue weighted by Gasteiger charge is 2.33. The number of carboxylic acid groups (broad SMARTS) is 1. The van der Waals surface area contributed by atoms with Crippen molar-refractivity contribution in [2.45, 2.75) is 32.2 Å². The van der Waals surface area contributed by atoms with Gasteiger partial charge < -0.3 is 10.0 Å². The van der Waals surface area contributed by atoms with Crippen LogP contribution in [0.25, 0.3) is 0 Å². The molecule has 0 saturated carbocycles. The molecule has 1 saturated heterocycles. The summed E-state index contributed by atoms with van der Waals surface area (Å²) in [4.78, 5) is 25.0. The Kier molecular flexibility index (Phi) is 3.36. The van der Waals surface area contributed by atoms with Crippen LogP contribution in [0.4, 0.5) is 0 Å². The summed E-state index contributed by atoms with van der Waals surface area (Å²) in [5, 5.41) is 13.3. The number of hydrogen-bond acceptors (Lipinski definition) is 3. The molecule has 0 spiro atoms. The fourth-order valence-corrected chi connectivity index (χ4v) is 2.40. The van der Waals surface area contributed by atoms with Gasteiger partial charge >= 0.3 is 5.97 Å². The number of hydrogen-bond donors (Lipinski definition) is 1. The summed E-state index contributed by atoms with van der Waals surface area (Å²) in [5.41, 5.74) is 1.13. The van der Waals surface area contributed by atoms with Crippen molar-refractivity contribution >= 4 is 11.9 Å². The lowest BCUT2D eigenvalue weighted by molar-refractivity contribution is -0.143. The predicted octanol–water partition coefficient (Wildman–Crippen LogP) is 0.808. The molecule has 1 aliphatic heterocycles. The van der Waals surface area contributed by atoms with Crippen molar-refractivity contribution in [2.75, 3.05) is 6.54 Å². The Bertz CT molecular complexity index is 481. The second kappa shape index (κ2) is 4.80. The summed E-state index contributed by atoms with van der Waals surface area (Å²) in [6.45, 7) is 2.26. The van der Waals surface area contributed by atoms with Crippen molar-refractivity contribution in [1.29, 1.82) is 0 Å². The molecule has 2 heterocycles. The first kappa shape index (κ1) is 12.6. The highest BCUT2D eigenvalue weighted by atomic mass is 16.4. The van der Waals surface area contributed by atoms with Gasteiger partial charge in [-0.05, 0) is 26.2 Å². The Labute approximate surface area is 105 Å². The molecule has 0 aliphatic carbocycles. The lowest BCUT2D eigenvalue weighted by atomic mass is 10.0. The minimum Gasteiger partial charge on any atom is -0.480 e. The van der Waals surface area contributed by atoms with E-state index < -0.39 is 12.0 Å². The molecule has 6 nitrogen and oxygen atoms in total. The van der Waals surface area contributed by atoms with Gasteiger partial charge in [0.25, 0.3) is 5.91 Å². The van der Waals surface area contributed by atoms with Crippen LogP contribution in [0, 0.1) is 6.92 Å². The number of carboxylic acids is 1. The van der Waals surface area contributed by atoms with Crippen molar-refractivity contribution in [1.82, 2.24) is 14.7 Å². The Hall–Kier alpha value is -1.85. The first-order valence-corrected chi connectivity index (χ1v) is 6.04. The summed E-state index contributed by atoms with van der Waals surface area (Å²) in [7, 11) is 1.74. The van der Waals surface area contributed by atoms with Crippen LogP contribution in [0.3, 0.4) is 0 Å². The van der Waals surface area contributed by atoms with Gasteiger partial charge in [0, 0.05) is 19.8 Å². The van der Waals surface area contributed by atoms with Gasteiger partial charge in [0.1, 0.15) is 6.04 Å². The first-order chi connectivity index (χ1) is 8.50. The predicted molar refractivity (Wildman–Crippen MR) is 64.3 cm³/mol. The van der Waals surface area contributed by atoms with Crippen molar-refractivity contribution in [2.24, 2.45) is 7.05 Å². The second-order valence-electron chi connectivity index (χ2n) is 4.65. The van der Waals surface area contributed by atoms with Gasteiger partial charge in [0.2, 0.25) is 0 Å². The topological polar surface area (TPSA) is 75.4 Å². The van der Waals surface area contributed by atoms with E-state index in [1.165, 1.54) is 4.90 Å². The van der Waals surface area contributed by atoms with Gasteiger partial charge in [0.05, 0.1) is 11.3 Å². The van der Waals surface area contributed by atoms with Crippen LogP contribution < -0.4 is 0 Å². The summed E-state index contributed by atoms with van der Waals surface area (Å²) in [6, 6.07) is -0.703. The molecule has 2 rings (SSSR count). The van der Waals surface area contributed by atoms with Crippen molar-refractivity contribution in [3.63, 3.8) is 0 Å². The van der Waals surface area contributed by atoms with Gasteiger partial charge in [-0.1, -0.05) is 0 Å². The Morgan fingerprint density at radius 2 is 2.17 bits per heavy atom. The zero-order valence-corrected chi connectivity index (χ0v) is 10.6. The van der Waals surface area contributed by atoms with E-state index in [2.05, 4.69) is 5.10 Å². The van der Waals surface area contributed by atoms with Crippen LogP contribution in [-0.2, 0) is 11.8 Å². The van der Waals surface area contributed by atoms with E-state index >= 15 is 0 Å². The number of rotatable bonds is 2. The second-order valence-corrected chi connectivity index (χ2v) is 4.65. The average Bonchev–Trinajstić information content (AvgIpc) is 2.67. The van der Waals surface area contributed by atoms with Crippen molar-refractivity contribution < 1.29 is 14.7 Å². The molecule has 0 radical (unpaired) electrons. The van der Waals surface area contributed by atoms with E-state index in [0.29, 0.717) is 24.2 Å². The molecule has 1 N–H and O–H groups in total. The molecule has 1 amide bonds. The molecule has 18 heavy (non-hydrogen) atoms. The maximum absolute atomic E-state index is 12.4. The quantitative estimate of drug-likeness (QED) is 0.844. The van der Waals surface area contributed by atoms with E-state index in [1.54, 1.807) is 24.9 Å². The molecule has 0 bridgehead atoms. The highest BCUT2D eigenvalue weighted by molar-refractivity contribution is 5.97. The zero-order chi connectivity index (χ0) is 13.3. The van der Waals surface area contributed by atoms with E-state index in [4.69, 9.17) is 5.11 Å². The van der Waals surface area contributed by atoms with Crippen molar-refractivity contribution in [3.05, 3.63) is 17.5 Å². The molecule has 1 atom stereocenters. The number of aromatic nitrogens is 2. The maximum Gasteiger partial charge on any atom is 0.326 e. The van der Waals surface area contributed by atoms with Crippen molar-refractivity contribution in [3.8, 4) is 0 Å². The third kappa shape index (κ3) is 2.23. The fourth-order valence-electron chi connectivity index (χ4n) is 2.40. The third-order valence-electron chi connectivity index (χ3n) is 3.29. The van der Waals surface area contributed by atoms with Gasteiger partial charge in [-0.2, -0.15) is 5.10 Å². The summed E-state index contributed by atoms with van der Waals surface area (Å²) >= 11 is 0. The highest BCUT2D eigenvalue weighted by Crippen LogP contribution is 2.20. The molecule has 1 aromatic rings. The van der Waals surface area contributed by atoms with Crippen LogP contribution in [0.5, 0.6) is 0 Å². The molecule has 6 heteroatoms. The fraction of sp³-hybridized carbons (Fsp3) is 0.583. The van der Waals surface area contributed by atoms with Crippen LogP contribution in [0.1, 0.15) is 35.3 Å². The van der Waals surface area contributed by atoms with Crippen LogP contribution in [0.2, 0.25) is 0 Å². The van der Waals surface area contributed by atoms with Gasteiger partial charge in [0.15, 0.2) is 0 Å². The monoisotopic (exact) mass is 251 g/mol. The normalized spacial score (nSPS) is 19.9. The van der Waals surface area contributed by atoms with E-state index in [0.717, 1.165) is 12.8 Å². The molecule has 0 aromatic carbocycles. The number of likely N-dealkylation sites (tertiary alicyclic amines) is 1. The number of aryl methyl sites for hydroxylation is 2. The number of carbonyl (C=O) groups is 2. The number of carbonyl (C=O) groups excluding carboxylic acids is 1. The van der Waals surface area contributed by atoms with E-state index in [9.17, 15) is 9.59 Å². The molecule has 98 valence electrons. The molecule has 1 fully saturated rings. The van der Waals surface area contributed by atoms with Crippen LogP contribution in [-0.4, -0.2) is 44.3 Å². The zero-order valence-electron chi connectivity index (χ0n) is 10.6. The summed E-state index contributed by atoms with van der Waals surface area (Å²) < 4.78 is 1.57. The molecule has 1 aliphatic rings. The molecule has 1 unspecified atom stereocenters. The average molecular weight is 251 g/mol. The largest absolute Gasteiger partial charge is 0.480 e. The van der Waals surface area contributed by atoms with Gasteiger partial charge in [-0.3, -0.25) is 9.48 Å². The Balaban J connectivity index is 2.26. The van der Waals surface area contributed by atoms with Crippen LogP contribution >= 0.6 is 0 Å². The lowest BCUT2D eigenvalue weighted by Gasteiger charge is -2.32. The molecular weight excluding hydrogens is 234 g/mol. The SMILES string of the molecule is Cc1nn(C)cc1C(=O)N1CCCCC1C(=O)O. The number of piperidine rings is 1. The van der Waals surface area contributed by atoms with Crippen LogP contribution in [0.15, 0.2) is 6.20 Å². The van der Waals surface area contributed by atoms with Gasteiger partial charge in [-0.15, -0.1) is 0 Å². The third-order valence-corrected chi connectivity index (χ3v) is 3.29. The van der Waals surface area contributed by atoms with E-state index in [1.807, 2.05) is 0 Å². The van der Waals surface area contributed by atoms with Gasteiger partial charge in [-0.25, -0.2) is 4.79 Å². The minimum atomic E-state index is -0.926. The molecular formula is C12H17N3O3. The van der Waals surface area contributed by atoms with E-state index in [-0.39, 0.29) is 5.91 Å². The number of aliphatic carboxylic acids is 1. The summed E-state index contributed by atoms with van der Waals surface area (Å²) in [5.74, 6) is -1.16. The number of amides is 1. The molecule has 1 aromatic heterocycles. The standard InChI is InChI=1S/C12H17N3O3/c1-8-9(7-14(2)13-8)11(16)15-6-4-3-5-10(15)12(17)18/h7,10H,3-6H2,1-2H3,(H,17,18). The minimum absolute atomic E-state index is 0.229. The maximum atomic E-state index is 12.4. The number of nitrogens with zero attached hydrogens (tertiary/aromatic N) is 3.